The lowest BCUT2D eigenvalue weighted by molar-refractivity contribution is -0.144. The summed E-state index contributed by atoms with van der Waals surface area (Å²) in [4.78, 5) is 21.4. The van der Waals surface area contributed by atoms with E-state index < -0.39 is 23.8 Å². The van der Waals surface area contributed by atoms with E-state index in [1.54, 1.807) is 0 Å². The van der Waals surface area contributed by atoms with Crippen LogP contribution in [0.1, 0.15) is 19.3 Å². The van der Waals surface area contributed by atoms with Crippen molar-refractivity contribution < 1.29 is 14.7 Å². The minimum absolute atomic E-state index is 0.350. The lowest BCUT2D eigenvalue weighted by Crippen LogP contribution is -2.44. The number of primary amides is 1. The molecule has 3 unspecified atom stereocenters. The van der Waals surface area contributed by atoms with Gasteiger partial charge in [-0.15, -0.1) is 0 Å². The molecule has 0 heterocycles. The number of amides is 1. The van der Waals surface area contributed by atoms with Crippen LogP contribution < -0.4 is 11.5 Å². The third-order valence-corrected chi connectivity index (χ3v) is 2.61. The summed E-state index contributed by atoms with van der Waals surface area (Å²) in [7, 11) is 0. The van der Waals surface area contributed by atoms with Crippen molar-refractivity contribution in [1.29, 1.82) is 0 Å². The maximum atomic E-state index is 10.8. The van der Waals surface area contributed by atoms with E-state index in [1.807, 2.05) is 0 Å². The molecular weight excluding hydrogens is 172 g/mol. The van der Waals surface area contributed by atoms with E-state index in [1.165, 1.54) is 0 Å². The fourth-order valence-corrected chi connectivity index (χ4v) is 1.78. The van der Waals surface area contributed by atoms with Crippen molar-refractivity contribution >= 4 is 11.9 Å². The van der Waals surface area contributed by atoms with Gasteiger partial charge in [-0.05, 0) is 19.3 Å². The Bertz CT molecular complexity index is 229. The summed E-state index contributed by atoms with van der Waals surface area (Å²) < 4.78 is 0. The first-order valence-corrected chi connectivity index (χ1v) is 4.30. The van der Waals surface area contributed by atoms with Gasteiger partial charge in [0.25, 0.3) is 0 Å². The van der Waals surface area contributed by atoms with Crippen LogP contribution in [0.15, 0.2) is 0 Å². The summed E-state index contributed by atoms with van der Waals surface area (Å²) in [5.41, 5.74) is 10.8. The second-order valence-electron chi connectivity index (χ2n) is 3.52. The molecule has 5 N–H and O–H groups in total. The number of carboxylic acid groups (broad SMARTS) is 1. The first-order valence-electron chi connectivity index (χ1n) is 4.30. The molecule has 1 rings (SSSR count). The molecule has 3 atom stereocenters. The topological polar surface area (TPSA) is 106 Å². The van der Waals surface area contributed by atoms with Crippen molar-refractivity contribution in [3.05, 3.63) is 0 Å². The molecule has 0 aliphatic heterocycles. The van der Waals surface area contributed by atoms with E-state index in [0.29, 0.717) is 19.3 Å². The second kappa shape index (κ2) is 3.74. The maximum Gasteiger partial charge on any atom is 0.306 e. The summed E-state index contributed by atoms with van der Waals surface area (Å²) in [6, 6.07) is -0.396. The molecule has 74 valence electrons. The molecular formula is C8H14N2O3. The Labute approximate surface area is 76.1 Å². The highest BCUT2D eigenvalue weighted by atomic mass is 16.4. The molecule has 1 aliphatic rings. The van der Waals surface area contributed by atoms with E-state index in [0.717, 1.165) is 0 Å². The summed E-state index contributed by atoms with van der Waals surface area (Å²) in [5, 5.41) is 8.71. The normalized spacial score (nSPS) is 34.1. The molecule has 0 spiro atoms. The minimum Gasteiger partial charge on any atom is -0.481 e. The van der Waals surface area contributed by atoms with Gasteiger partial charge in [0.05, 0.1) is 11.8 Å². The van der Waals surface area contributed by atoms with E-state index in [2.05, 4.69) is 0 Å². The van der Waals surface area contributed by atoms with Crippen LogP contribution in [0, 0.1) is 11.8 Å². The van der Waals surface area contributed by atoms with E-state index in [4.69, 9.17) is 16.6 Å². The summed E-state index contributed by atoms with van der Waals surface area (Å²) in [6.45, 7) is 0. The van der Waals surface area contributed by atoms with Crippen molar-refractivity contribution in [2.24, 2.45) is 23.3 Å². The van der Waals surface area contributed by atoms with E-state index >= 15 is 0 Å². The van der Waals surface area contributed by atoms with Crippen LogP contribution in [0.2, 0.25) is 0 Å². The lowest BCUT2D eigenvalue weighted by atomic mass is 9.78. The van der Waals surface area contributed by atoms with Crippen molar-refractivity contribution in [3.63, 3.8) is 0 Å². The molecule has 0 aromatic heterocycles. The molecule has 0 bridgehead atoms. The average molecular weight is 186 g/mol. The van der Waals surface area contributed by atoms with Gasteiger partial charge < -0.3 is 16.6 Å². The Balaban J connectivity index is 2.56. The van der Waals surface area contributed by atoms with Crippen LogP contribution in [0.3, 0.4) is 0 Å². The minimum atomic E-state index is -0.835. The highest BCUT2D eigenvalue weighted by molar-refractivity contribution is 5.78. The van der Waals surface area contributed by atoms with Crippen LogP contribution in [0.4, 0.5) is 0 Å². The Morgan fingerprint density at radius 3 is 2.31 bits per heavy atom. The Hall–Kier alpha value is -1.10. The van der Waals surface area contributed by atoms with Gasteiger partial charge >= 0.3 is 5.97 Å². The number of carboxylic acids is 1. The maximum absolute atomic E-state index is 10.8. The smallest absolute Gasteiger partial charge is 0.306 e. The lowest BCUT2D eigenvalue weighted by Gasteiger charge is -2.29. The summed E-state index contributed by atoms with van der Waals surface area (Å²) >= 11 is 0. The zero-order valence-electron chi connectivity index (χ0n) is 7.27. The quantitative estimate of drug-likeness (QED) is 0.530. The third-order valence-electron chi connectivity index (χ3n) is 2.61. The Morgan fingerprint density at radius 1 is 1.31 bits per heavy atom. The summed E-state index contributed by atoms with van der Waals surface area (Å²) in [6.07, 6.45) is 1.34. The number of rotatable bonds is 2. The third kappa shape index (κ3) is 2.18. The monoisotopic (exact) mass is 186 g/mol. The van der Waals surface area contributed by atoms with Crippen molar-refractivity contribution in [3.8, 4) is 0 Å². The molecule has 0 radical (unpaired) electrons. The van der Waals surface area contributed by atoms with E-state index in [9.17, 15) is 9.59 Å². The average Bonchev–Trinajstić information content (AvgIpc) is 2.03. The van der Waals surface area contributed by atoms with Gasteiger partial charge in [0, 0.05) is 6.04 Å². The fourth-order valence-electron chi connectivity index (χ4n) is 1.78. The number of aliphatic carboxylic acids is 1. The highest BCUT2D eigenvalue weighted by Gasteiger charge is 2.34. The fraction of sp³-hybridized carbons (Fsp3) is 0.750. The molecule has 0 saturated heterocycles. The molecule has 1 aliphatic carbocycles. The second-order valence-corrected chi connectivity index (χ2v) is 3.52. The molecule has 0 aromatic carbocycles. The first-order chi connectivity index (χ1) is 6.02. The predicted octanol–water partition coefficient (Wildman–Crippen LogP) is -0.700. The predicted molar refractivity (Wildman–Crippen MR) is 45.6 cm³/mol. The van der Waals surface area contributed by atoms with Crippen LogP contribution >= 0.6 is 0 Å². The summed E-state index contributed by atoms with van der Waals surface area (Å²) in [5.74, 6) is -2.02. The van der Waals surface area contributed by atoms with Gasteiger partial charge in [0.15, 0.2) is 0 Å². The standard InChI is InChI=1S/C8H14N2O3/c9-6-3-4(8(12)13)1-2-5(6)7(10)11/h4-6H,1-3,9H2,(H2,10,11)(H,12,13). The van der Waals surface area contributed by atoms with Gasteiger partial charge in [-0.25, -0.2) is 0 Å². The number of hydrogen-bond donors (Lipinski definition) is 3. The number of carbonyl (C=O) groups excluding carboxylic acids is 1. The zero-order chi connectivity index (χ0) is 10.0. The van der Waals surface area contributed by atoms with Gasteiger partial charge in [0.2, 0.25) is 5.91 Å². The van der Waals surface area contributed by atoms with Crippen molar-refractivity contribution in [2.75, 3.05) is 0 Å². The van der Waals surface area contributed by atoms with Gasteiger partial charge in [-0.1, -0.05) is 0 Å². The molecule has 1 fully saturated rings. The van der Waals surface area contributed by atoms with Crippen LogP contribution in [0.25, 0.3) is 0 Å². The van der Waals surface area contributed by atoms with E-state index in [-0.39, 0.29) is 5.92 Å². The first kappa shape index (κ1) is 9.98. The van der Waals surface area contributed by atoms with Gasteiger partial charge in [-0.2, -0.15) is 0 Å². The molecule has 13 heavy (non-hydrogen) atoms. The largest absolute Gasteiger partial charge is 0.481 e. The number of hydrogen-bond acceptors (Lipinski definition) is 3. The Kier molecular flexibility index (Phi) is 2.87. The van der Waals surface area contributed by atoms with Gasteiger partial charge in [-0.3, -0.25) is 9.59 Å². The highest BCUT2D eigenvalue weighted by Crippen LogP contribution is 2.27. The van der Waals surface area contributed by atoms with Crippen LogP contribution in [-0.4, -0.2) is 23.0 Å². The van der Waals surface area contributed by atoms with Crippen molar-refractivity contribution in [1.82, 2.24) is 0 Å². The van der Waals surface area contributed by atoms with Crippen LogP contribution in [-0.2, 0) is 9.59 Å². The molecule has 5 heteroatoms. The zero-order valence-corrected chi connectivity index (χ0v) is 7.27. The molecule has 0 aromatic rings. The van der Waals surface area contributed by atoms with Crippen LogP contribution in [0.5, 0.6) is 0 Å². The molecule has 1 saturated carbocycles. The number of nitrogens with two attached hydrogens (primary N) is 2. The van der Waals surface area contributed by atoms with Crippen molar-refractivity contribution in [2.45, 2.75) is 25.3 Å². The number of carbonyl (C=O) groups is 2. The SMILES string of the molecule is NC(=O)C1CCC(C(=O)O)CC1N. The molecule has 5 nitrogen and oxygen atoms in total. The Morgan fingerprint density at radius 2 is 1.92 bits per heavy atom. The molecule has 1 amide bonds. The van der Waals surface area contributed by atoms with Gasteiger partial charge in [0.1, 0.15) is 0 Å².